The van der Waals surface area contributed by atoms with Gasteiger partial charge in [0.25, 0.3) is 0 Å². The van der Waals surface area contributed by atoms with Gasteiger partial charge in [-0.15, -0.1) is 0 Å². The second kappa shape index (κ2) is 4.84. The largest absolute Gasteiger partial charge is 0.465 e. The lowest BCUT2D eigenvalue weighted by molar-refractivity contribution is -0.163. The summed E-state index contributed by atoms with van der Waals surface area (Å²) in [6.07, 6.45) is 4.64. The fourth-order valence-electron chi connectivity index (χ4n) is 5.45. The number of amides is 1. The Kier molecular flexibility index (Phi) is 2.92. The molecule has 24 heavy (non-hydrogen) atoms. The van der Waals surface area contributed by atoms with E-state index in [0.29, 0.717) is 30.3 Å². The van der Waals surface area contributed by atoms with Crippen LogP contribution in [0, 0.1) is 16.7 Å². The Balaban J connectivity index is 1.12. The van der Waals surface area contributed by atoms with E-state index < -0.39 is 0 Å². The minimum atomic E-state index is -0.0924. The van der Waals surface area contributed by atoms with Gasteiger partial charge >= 0.3 is 5.97 Å². The highest BCUT2D eigenvalue weighted by Crippen LogP contribution is 2.58. The van der Waals surface area contributed by atoms with Gasteiger partial charge in [-0.1, -0.05) is 30.3 Å². The Hall–Kier alpha value is -1.84. The predicted molar refractivity (Wildman–Crippen MR) is 88.2 cm³/mol. The standard InChI is InChI=1S/C20H23NO3/c22-17-10-19(13-24-17)8-16(9-19)18(23)21-11-20(12-21)6-15(7-20)14-4-2-1-3-5-14/h1-5,15-16H,6-13H2. The zero-order valence-electron chi connectivity index (χ0n) is 13.9. The van der Waals surface area contributed by atoms with Crippen molar-refractivity contribution in [1.82, 2.24) is 4.90 Å². The number of ether oxygens (including phenoxy) is 1. The van der Waals surface area contributed by atoms with Crippen LogP contribution in [0.1, 0.15) is 43.6 Å². The van der Waals surface area contributed by atoms with Gasteiger partial charge in [0.2, 0.25) is 5.91 Å². The highest BCUT2D eigenvalue weighted by molar-refractivity contribution is 5.82. The molecule has 4 nitrogen and oxygen atoms in total. The summed E-state index contributed by atoms with van der Waals surface area (Å²) in [4.78, 5) is 26.0. The van der Waals surface area contributed by atoms with Gasteiger partial charge in [-0.05, 0) is 37.2 Å². The van der Waals surface area contributed by atoms with Gasteiger partial charge in [0.1, 0.15) is 0 Å². The first-order valence-electron chi connectivity index (χ1n) is 9.06. The molecular formula is C20H23NO3. The van der Waals surface area contributed by atoms with E-state index in [0.717, 1.165) is 25.9 Å². The van der Waals surface area contributed by atoms with Crippen molar-refractivity contribution in [3.63, 3.8) is 0 Å². The molecule has 0 bridgehead atoms. The van der Waals surface area contributed by atoms with E-state index in [-0.39, 0.29) is 17.3 Å². The minimum absolute atomic E-state index is 0.00512. The van der Waals surface area contributed by atoms with Gasteiger partial charge < -0.3 is 9.64 Å². The molecular weight excluding hydrogens is 302 g/mol. The van der Waals surface area contributed by atoms with Gasteiger partial charge in [0.15, 0.2) is 0 Å². The minimum Gasteiger partial charge on any atom is -0.465 e. The molecule has 4 heteroatoms. The number of cyclic esters (lactones) is 1. The topological polar surface area (TPSA) is 46.6 Å². The Morgan fingerprint density at radius 3 is 2.38 bits per heavy atom. The average Bonchev–Trinajstić information content (AvgIpc) is 2.86. The smallest absolute Gasteiger partial charge is 0.306 e. The number of likely N-dealkylation sites (tertiary alicyclic amines) is 1. The molecule has 1 aromatic rings. The van der Waals surface area contributed by atoms with Crippen LogP contribution in [0.15, 0.2) is 30.3 Å². The number of esters is 1. The van der Waals surface area contributed by atoms with Crippen molar-refractivity contribution in [2.24, 2.45) is 16.7 Å². The number of carbonyl (C=O) groups excluding carboxylic acids is 2. The molecule has 0 atom stereocenters. The van der Waals surface area contributed by atoms with Crippen molar-refractivity contribution in [2.75, 3.05) is 19.7 Å². The molecule has 2 aliphatic carbocycles. The van der Waals surface area contributed by atoms with E-state index in [9.17, 15) is 9.59 Å². The Morgan fingerprint density at radius 2 is 1.75 bits per heavy atom. The first kappa shape index (κ1) is 14.5. The summed E-state index contributed by atoms with van der Waals surface area (Å²) in [6, 6.07) is 10.7. The molecule has 2 saturated carbocycles. The van der Waals surface area contributed by atoms with Gasteiger partial charge in [0.05, 0.1) is 13.0 Å². The van der Waals surface area contributed by atoms with Crippen molar-refractivity contribution in [3.8, 4) is 0 Å². The van der Waals surface area contributed by atoms with Gasteiger partial charge in [-0.3, -0.25) is 9.59 Å². The molecule has 4 aliphatic rings. The van der Waals surface area contributed by atoms with Crippen molar-refractivity contribution >= 4 is 11.9 Å². The Morgan fingerprint density at radius 1 is 1.04 bits per heavy atom. The summed E-state index contributed by atoms with van der Waals surface area (Å²) < 4.78 is 5.09. The molecule has 0 aromatic heterocycles. The number of carbonyl (C=O) groups is 2. The molecule has 0 radical (unpaired) electrons. The van der Waals surface area contributed by atoms with E-state index in [1.54, 1.807) is 0 Å². The molecule has 0 unspecified atom stereocenters. The first-order chi connectivity index (χ1) is 11.6. The van der Waals surface area contributed by atoms with E-state index >= 15 is 0 Å². The second-order valence-corrected chi connectivity index (χ2v) is 8.65. The molecule has 1 amide bonds. The monoisotopic (exact) mass is 325 g/mol. The van der Waals surface area contributed by atoms with Crippen LogP contribution >= 0.6 is 0 Å². The van der Waals surface area contributed by atoms with Crippen molar-refractivity contribution in [2.45, 2.75) is 38.0 Å². The van der Waals surface area contributed by atoms with Crippen LogP contribution in [0.25, 0.3) is 0 Å². The zero-order valence-corrected chi connectivity index (χ0v) is 13.9. The quantitative estimate of drug-likeness (QED) is 0.786. The van der Waals surface area contributed by atoms with Crippen LogP contribution in [-0.2, 0) is 14.3 Å². The second-order valence-electron chi connectivity index (χ2n) is 8.65. The van der Waals surface area contributed by atoms with Crippen LogP contribution in [-0.4, -0.2) is 36.5 Å². The normalized spacial score (nSPS) is 27.5. The predicted octanol–water partition coefficient (Wildman–Crippen LogP) is 2.74. The van der Waals surface area contributed by atoms with Crippen molar-refractivity contribution in [1.29, 1.82) is 0 Å². The van der Waals surface area contributed by atoms with Crippen LogP contribution in [0.4, 0.5) is 0 Å². The van der Waals surface area contributed by atoms with Crippen LogP contribution in [0.3, 0.4) is 0 Å². The van der Waals surface area contributed by atoms with Gasteiger partial charge in [-0.25, -0.2) is 0 Å². The fraction of sp³-hybridized carbons (Fsp3) is 0.600. The summed E-state index contributed by atoms with van der Waals surface area (Å²) in [6.45, 7) is 2.40. The summed E-state index contributed by atoms with van der Waals surface area (Å²) >= 11 is 0. The fourth-order valence-corrected chi connectivity index (χ4v) is 5.45. The van der Waals surface area contributed by atoms with Gasteiger partial charge in [-0.2, -0.15) is 0 Å². The molecule has 1 aromatic carbocycles. The third-order valence-corrected chi connectivity index (χ3v) is 6.76. The maximum Gasteiger partial charge on any atom is 0.306 e. The molecule has 2 aliphatic heterocycles. The number of benzene rings is 1. The highest BCUT2D eigenvalue weighted by Gasteiger charge is 2.58. The lowest BCUT2D eigenvalue weighted by atomic mass is 9.55. The molecule has 0 N–H and O–H groups in total. The van der Waals surface area contributed by atoms with E-state index in [1.165, 1.54) is 18.4 Å². The van der Waals surface area contributed by atoms with Crippen LogP contribution < -0.4 is 0 Å². The summed E-state index contributed by atoms with van der Waals surface area (Å²) in [5.41, 5.74) is 1.83. The molecule has 2 saturated heterocycles. The van der Waals surface area contributed by atoms with E-state index in [1.807, 2.05) is 0 Å². The number of nitrogens with zero attached hydrogens (tertiary/aromatic N) is 1. The third-order valence-electron chi connectivity index (χ3n) is 6.76. The lowest BCUT2D eigenvalue weighted by Crippen LogP contribution is -2.65. The Labute approximate surface area is 142 Å². The summed E-state index contributed by atoms with van der Waals surface area (Å²) in [7, 11) is 0. The van der Waals surface area contributed by atoms with E-state index in [2.05, 4.69) is 35.2 Å². The maximum atomic E-state index is 12.6. The third kappa shape index (κ3) is 2.11. The highest BCUT2D eigenvalue weighted by atomic mass is 16.5. The molecule has 2 heterocycles. The summed E-state index contributed by atoms with van der Waals surface area (Å²) in [5.74, 6) is 1.03. The molecule has 2 spiro atoms. The Bertz CT molecular complexity index is 678. The maximum absolute atomic E-state index is 12.6. The molecule has 126 valence electrons. The van der Waals surface area contributed by atoms with Crippen molar-refractivity contribution < 1.29 is 14.3 Å². The summed E-state index contributed by atoms with van der Waals surface area (Å²) in [5, 5.41) is 0. The average molecular weight is 325 g/mol. The first-order valence-corrected chi connectivity index (χ1v) is 9.06. The van der Waals surface area contributed by atoms with Crippen molar-refractivity contribution in [3.05, 3.63) is 35.9 Å². The van der Waals surface area contributed by atoms with Crippen LogP contribution in [0.2, 0.25) is 0 Å². The lowest BCUT2D eigenvalue weighted by Gasteiger charge is -2.60. The van der Waals surface area contributed by atoms with Gasteiger partial charge in [0, 0.05) is 29.8 Å². The molecule has 4 fully saturated rings. The molecule has 5 rings (SSSR count). The SMILES string of the molecule is O=C1CC2(CO1)CC(C(=O)N1CC3(CC(c4ccccc4)C3)C1)C2. The number of hydrogen-bond donors (Lipinski definition) is 0. The van der Waals surface area contributed by atoms with E-state index in [4.69, 9.17) is 4.74 Å². The number of rotatable bonds is 2. The number of hydrogen-bond acceptors (Lipinski definition) is 3. The zero-order chi connectivity index (χ0) is 16.4. The van der Waals surface area contributed by atoms with Crippen LogP contribution in [0.5, 0.6) is 0 Å².